The third kappa shape index (κ3) is 3.22. The Morgan fingerprint density at radius 2 is 2.14 bits per heavy atom. The van der Waals surface area contributed by atoms with Gasteiger partial charge in [-0.05, 0) is 24.1 Å². The normalized spacial score (nSPS) is 14.4. The zero-order valence-electron chi connectivity index (χ0n) is 12.3. The lowest BCUT2D eigenvalue weighted by atomic mass is 9.95. The van der Waals surface area contributed by atoms with E-state index in [1.807, 2.05) is 12.1 Å². The van der Waals surface area contributed by atoms with Gasteiger partial charge in [-0.15, -0.1) is 18.3 Å². The molecule has 1 aromatic rings. The van der Waals surface area contributed by atoms with E-state index in [9.17, 15) is 5.26 Å². The molecule has 0 aromatic heterocycles. The number of hydrogen-bond donors (Lipinski definition) is 0. The number of hydrogen-bond acceptors (Lipinski definition) is 5. The first kappa shape index (κ1) is 15.5. The average Bonchev–Trinajstić information content (AvgIpc) is 2.54. The zero-order chi connectivity index (χ0) is 15.2. The van der Waals surface area contributed by atoms with Crippen molar-refractivity contribution in [3.63, 3.8) is 0 Å². The molecule has 1 aliphatic heterocycles. The van der Waals surface area contributed by atoms with Crippen LogP contribution in [0.15, 0.2) is 29.8 Å². The number of nitriles is 1. The van der Waals surface area contributed by atoms with E-state index in [0.29, 0.717) is 18.0 Å². The van der Waals surface area contributed by atoms with Gasteiger partial charge in [-0.2, -0.15) is 5.26 Å². The standard InChI is InChI=1S/C16H18N2O2S/c1-4-7-21-15(10-17)16-12-9-14(20-3)13(19-2)8-11(12)5-6-18-16/h4,8-9,15H,1,5-7H2,2-3H3. The fourth-order valence-corrected chi connectivity index (χ4v) is 3.08. The van der Waals surface area contributed by atoms with Crippen molar-refractivity contribution in [2.45, 2.75) is 11.7 Å². The quantitative estimate of drug-likeness (QED) is 0.758. The molecular weight excluding hydrogens is 284 g/mol. The SMILES string of the molecule is C=CCSC(C#N)C1=NCCc2cc(OC)c(OC)cc21. The van der Waals surface area contributed by atoms with Gasteiger partial charge in [0, 0.05) is 17.9 Å². The van der Waals surface area contributed by atoms with Gasteiger partial charge in [0.1, 0.15) is 5.25 Å². The van der Waals surface area contributed by atoms with E-state index >= 15 is 0 Å². The summed E-state index contributed by atoms with van der Waals surface area (Å²) < 4.78 is 10.7. The van der Waals surface area contributed by atoms with Crippen LogP contribution in [0, 0.1) is 11.3 Å². The number of methoxy groups -OCH3 is 2. The topological polar surface area (TPSA) is 54.6 Å². The van der Waals surface area contributed by atoms with Crippen LogP contribution in [0.2, 0.25) is 0 Å². The summed E-state index contributed by atoms with van der Waals surface area (Å²) in [6.45, 7) is 4.40. The molecule has 0 saturated carbocycles. The van der Waals surface area contributed by atoms with E-state index in [4.69, 9.17) is 9.47 Å². The molecule has 0 spiro atoms. The van der Waals surface area contributed by atoms with Gasteiger partial charge in [0.05, 0.1) is 26.0 Å². The van der Waals surface area contributed by atoms with E-state index in [-0.39, 0.29) is 5.25 Å². The summed E-state index contributed by atoms with van der Waals surface area (Å²) >= 11 is 1.53. The first-order valence-electron chi connectivity index (χ1n) is 6.66. The van der Waals surface area contributed by atoms with Crippen molar-refractivity contribution < 1.29 is 9.47 Å². The Bertz CT molecular complexity index is 605. The minimum Gasteiger partial charge on any atom is -0.493 e. The zero-order valence-corrected chi connectivity index (χ0v) is 13.1. The third-order valence-electron chi connectivity index (χ3n) is 3.29. The van der Waals surface area contributed by atoms with Crippen molar-refractivity contribution in [3.8, 4) is 17.6 Å². The van der Waals surface area contributed by atoms with Crippen LogP contribution in [0.1, 0.15) is 11.1 Å². The molecule has 0 N–H and O–H groups in total. The van der Waals surface area contributed by atoms with Crippen LogP contribution in [0.25, 0.3) is 0 Å². The number of aliphatic imine (C=N–C) groups is 1. The summed E-state index contributed by atoms with van der Waals surface area (Å²) in [5, 5.41) is 9.12. The molecule has 1 aromatic carbocycles. The maximum Gasteiger partial charge on any atom is 0.161 e. The highest BCUT2D eigenvalue weighted by atomic mass is 32.2. The van der Waals surface area contributed by atoms with Crippen molar-refractivity contribution in [2.75, 3.05) is 26.5 Å². The monoisotopic (exact) mass is 302 g/mol. The second-order valence-corrected chi connectivity index (χ2v) is 5.65. The summed E-state index contributed by atoms with van der Waals surface area (Å²) in [6, 6.07) is 6.23. The molecule has 1 aliphatic rings. The van der Waals surface area contributed by atoms with E-state index in [0.717, 1.165) is 29.0 Å². The lowest BCUT2D eigenvalue weighted by Crippen LogP contribution is -2.23. The van der Waals surface area contributed by atoms with Crippen molar-refractivity contribution >= 4 is 17.5 Å². The predicted molar refractivity (Wildman–Crippen MR) is 86.7 cm³/mol. The maximum absolute atomic E-state index is 9.42. The number of fused-ring (bicyclic) bond motifs is 1. The number of ether oxygens (including phenoxy) is 2. The number of benzene rings is 1. The predicted octanol–water partition coefficient (Wildman–Crippen LogP) is 2.86. The van der Waals surface area contributed by atoms with Crippen LogP contribution in [0.5, 0.6) is 11.5 Å². The van der Waals surface area contributed by atoms with Crippen molar-refractivity contribution in [3.05, 3.63) is 35.9 Å². The fourth-order valence-electron chi connectivity index (χ4n) is 2.31. The van der Waals surface area contributed by atoms with E-state index < -0.39 is 0 Å². The molecule has 2 rings (SSSR count). The molecule has 0 fully saturated rings. The van der Waals surface area contributed by atoms with Crippen LogP contribution in [0.4, 0.5) is 0 Å². The first-order chi connectivity index (χ1) is 10.2. The third-order valence-corrected chi connectivity index (χ3v) is 4.39. The molecule has 0 aliphatic carbocycles. The number of thioether (sulfide) groups is 1. The second kappa shape index (κ2) is 7.19. The molecule has 21 heavy (non-hydrogen) atoms. The molecule has 0 saturated heterocycles. The van der Waals surface area contributed by atoms with Gasteiger partial charge < -0.3 is 9.47 Å². The Kier molecular flexibility index (Phi) is 5.29. The van der Waals surface area contributed by atoms with Crippen LogP contribution in [-0.4, -0.2) is 37.5 Å². The van der Waals surface area contributed by atoms with Crippen LogP contribution < -0.4 is 9.47 Å². The van der Waals surface area contributed by atoms with Crippen LogP contribution in [-0.2, 0) is 6.42 Å². The Labute approximate surface area is 129 Å². The Hall–Kier alpha value is -1.93. The Morgan fingerprint density at radius 1 is 1.43 bits per heavy atom. The Morgan fingerprint density at radius 3 is 2.76 bits per heavy atom. The summed E-state index contributed by atoms with van der Waals surface area (Å²) in [7, 11) is 3.23. The van der Waals surface area contributed by atoms with Crippen LogP contribution in [0.3, 0.4) is 0 Å². The summed E-state index contributed by atoms with van der Waals surface area (Å²) in [4.78, 5) is 4.57. The molecule has 5 heteroatoms. The van der Waals surface area contributed by atoms with E-state index in [2.05, 4.69) is 17.6 Å². The lowest BCUT2D eigenvalue weighted by Gasteiger charge is -2.21. The molecule has 0 bridgehead atoms. The van der Waals surface area contributed by atoms with Gasteiger partial charge in [0.25, 0.3) is 0 Å². The molecule has 1 heterocycles. The maximum atomic E-state index is 9.42. The lowest BCUT2D eigenvalue weighted by molar-refractivity contribution is 0.354. The van der Waals surface area contributed by atoms with Gasteiger partial charge in [-0.25, -0.2) is 0 Å². The molecule has 1 unspecified atom stereocenters. The van der Waals surface area contributed by atoms with Gasteiger partial charge in [0.15, 0.2) is 11.5 Å². The van der Waals surface area contributed by atoms with Gasteiger partial charge >= 0.3 is 0 Å². The fraction of sp³-hybridized carbons (Fsp3) is 0.375. The van der Waals surface area contributed by atoms with Crippen molar-refractivity contribution in [1.29, 1.82) is 5.26 Å². The number of nitrogens with zero attached hydrogens (tertiary/aromatic N) is 2. The molecule has 110 valence electrons. The molecule has 1 atom stereocenters. The van der Waals surface area contributed by atoms with E-state index in [1.54, 1.807) is 20.3 Å². The largest absolute Gasteiger partial charge is 0.493 e. The summed E-state index contributed by atoms with van der Waals surface area (Å²) in [5.41, 5.74) is 2.96. The summed E-state index contributed by atoms with van der Waals surface area (Å²) in [6.07, 6.45) is 2.65. The van der Waals surface area contributed by atoms with Gasteiger partial charge in [-0.1, -0.05) is 6.08 Å². The van der Waals surface area contributed by atoms with Crippen molar-refractivity contribution in [1.82, 2.24) is 0 Å². The highest BCUT2D eigenvalue weighted by molar-refractivity contribution is 8.01. The van der Waals surface area contributed by atoms with Gasteiger partial charge in [-0.3, -0.25) is 4.99 Å². The second-order valence-electron chi connectivity index (χ2n) is 4.51. The average molecular weight is 302 g/mol. The number of rotatable bonds is 6. The minimum absolute atomic E-state index is 0.292. The van der Waals surface area contributed by atoms with Gasteiger partial charge in [0.2, 0.25) is 0 Å². The molecule has 0 amide bonds. The van der Waals surface area contributed by atoms with Crippen molar-refractivity contribution in [2.24, 2.45) is 4.99 Å². The first-order valence-corrected chi connectivity index (χ1v) is 7.71. The van der Waals surface area contributed by atoms with Crippen LogP contribution >= 0.6 is 11.8 Å². The summed E-state index contributed by atoms with van der Waals surface area (Å²) in [5.74, 6) is 2.10. The highest BCUT2D eigenvalue weighted by Gasteiger charge is 2.24. The minimum atomic E-state index is -0.292. The highest BCUT2D eigenvalue weighted by Crippen LogP contribution is 2.34. The van der Waals surface area contributed by atoms with E-state index in [1.165, 1.54) is 11.8 Å². The smallest absolute Gasteiger partial charge is 0.161 e. The Balaban J connectivity index is 2.42. The molecule has 4 nitrogen and oxygen atoms in total. The molecule has 0 radical (unpaired) electrons. The molecular formula is C16H18N2O2S.